The van der Waals surface area contributed by atoms with E-state index in [1.807, 2.05) is 0 Å². The van der Waals surface area contributed by atoms with E-state index in [1.165, 1.54) is 26.0 Å². The maximum atomic E-state index is 12.3. The van der Waals surface area contributed by atoms with Crippen LogP contribution in [-0.4, -0.2) is 45.8 Å². The molecule has 2 N–H and O–H groups in total. The molecule has 0 saturated carbocycles. The van der Waals surface area contributed by atoms with Crippen LogP contribution in [0, 0.1) is 0 Å². The van der Waals surface area contributed by atoms with Crippen LogP contribution in [0.4, 0.5) is 0 Å². The van der Waals surface area contributed by atoms with Crippen LogP contribution >= 0.6 is 15.9 Å². The van der Waals surface area contributed by atoms with Crippen molar-refractivity contribution >= 4 is 39.6 Å². The van der Waals surface area contributed by atoms with Gasteiger partial charge in [0.15, 0.2) is 0 Å². The molecule has 0 fully saturated rings. The lowest BCUT2D eigenvalue weighted by Crippen LogP contribution is -2.51. The molecule has 0 radical (unpaired) electrons. The summed E-state index contributed by atoms with van der Waals surface area (Å²) in [7, 11) is 0. The fourth-order valence-corrected chi connectivity index (χ4v) is 2.46. The van der Waals surface area contributed by atoms with Gasteiger partial charge in [-0.15, -0.1) is 0 Å². The lowest BCUT2D eigenvalue weighted by molar-refractivity contribution is -0.141. The number of carbonyl (C=O) groups is 4. The number of carboxylic acids is 1. The zero-order valence-corrected chi connectivity index (χ0v) is 13.4. The molecule has 8 heteroatoms. The minimum atomic E-state index is -1.20. The van der Waals surface area contributed by atoms with Gasteiger partial charge in [0.25, 0.3) is 11.8 Å². The molecule has 116 valence electrons. The summed E-state index contributed by atoms with van der Waals surface area (Å²) in [6.07, 6.45) is 0. The molecule has 1 aromatic rings. The van der Waals surface area contributed by atoms with Crippen molar-refractivity contribution in [3.05, 3.63) is 33.8 Å². The highest BCUT2D eigenvalue weighted by Crippen LogP contribution is 2.27. The molecule has 1 aliphatic rings. The predicted molar refractivity (Wildman–Crippen MR) is 79.3 cm³/mol. The Morgan fingerprint density at radius 2 is 1.77 bits per heavy atom. The summed E-state index contributed by atoms with van der Waals surface area (Å²) < 4.78 is 0.644. The van der Waals surface area contributed by atoms with Crippen molar-refractivity contribution in [3.63, 3.8) is 0 Å². The second kappa shape index (κ2) is 5.88. The Kier molecular flexibility index (Phi) is 4.32. The first-order valence-electron chi connectivity index (χ1n) is 6.44. The molecule has 22 heavy (non-hydrogen) atoms. The lowest BCUT2D eigenvalue weighted by atomic mass is 10.1. The number of nitrogens with zero attached hydrogens (tertiary/aromatic N) is 1. The van der Waals surface area contributed by atoms with E-state index in [9.17, 15) is 19.2 Å². The van der Waals surface area contributed by atoms with Gasteiger partial charge >= 0.3 is 5.97 Å². The number of amides is 3. The highest BCUT2D eigenvalue weighted by atomic mass is 79.9. The van der Waals surface area contributed by atoms with Gasteiger partial charge in [-0.25, -0.2) is 0 Å². The second-order valence-electron chi connectivity index (χ2n) is 4.91. The normalized spacial score (nSPS) is 16.2. The van der Waals surface area contributed by atoms with Crippen LogP contribution in [-0.2, 0) is 9.59 Å². The average molecular weight is 369 g/mol. The standard InChI is InChI=1S/C14H13BrN2O5/c1-6(14(21)22)16-11(18)7(2)17-12(19)9-4-3-8(15)5-10(9)13(17)20/h3-7H,1-2H3,(H,16,18)(H,21,22)/t6-,7?/m1/s1. The number of carbonyl (C=O) groups excluding carboxylic acids is 3. The van der Waals surface area contributed by atoms with Crippen LogP contribution in [0.5, 0.6) is 0 Å². The predicted octanol–water partition coefficient (Wildman–Crippen LogP) is 1.02. The number of rotatable bonds is 4. The molecule has 0 saturated heterocycles. The zero-order chi connectivity index (χ0) is 16.6. The molecule has 0 aromatic heterocycles. The first kappa shape index (κ1) is 16.2. The van der Waals surface area contributed by atoms with E-state index in [-0.39, 0.29) is 11.1 Å². The molecule has 3 amide bonds. The third kappa shape index (κ3) is 2.74. The minimum Gasteiger partial charge on any atom is -0.480 e. The van der Waals surface area contributed by atoms with Gasteiger partial charge in [-0.2, -0.15) is 0 Å². The summed E-state index contributed by atoms with van der Waals surface area (Å²) in [6.45, 7) is 2.67. The molecule has 1 aromatic carbocycles. The summed E-state index contributed by atoms with van der Waals surface area (Å²) in [4.78, 5) is 48.2. The van der Waals surface area contributed by atoms with Crippen molar-refractivity contribution in [2.45, 2.75) is 25.9 Å². The summed E-state index contributed by atoms with van der Waals surface area (Å²) in [5.41, 5.74) is 0.435. The first-order valence-corrected chi connectivity index (χ1v) is 7.24. The number of nitrogens with one attached hydrogen (secondary N) is 1. The van der Waals surface area contributed by atoms with Gasteiger partial charge in [-0.1, -0.05) is 15.9 Å². The molecule has 1 heterocycles. The summed E-state index contributed by atoms with van der Waals surface area (Å²) in [5.74, 6) is -3.06. The van der Waals surface area contributed by atoms with E-state index in [0.717, 1.165) is 4.90 Å². The van der Waals surface area contributed by atoms with Gasteiger partial charge < -0.3 is 10.4 Å². The summed E-state index contributed by atoms with van der Waals surface area (Å²) >= 11 is 3.22. The second-order valence-corrected chi connectivity index (χ2v) is 5.83. The van der Waals surface area contributed by atoms with Crippen molar-refractivity contribution in [3.8, 4) is 0 Å². The Labute approximate surface area is 134 Å². The van der Waals surface area contributed by atoms with Gasteiger partial charge in [0.1, 0.15) is 12.1 Å². The van der Waals surface area contributed by atoms with E-state index in [4.69, 9.17) is 5.11 Å². The Hall–Kier alpha value is -2.22. The minimum absolute atomic E-state index is 0.213. The van der Waals surface area contributed by atoms with Gasteiger partial charge in [0.05, 0.1) is 11.1 Å². The topological polar surface area (TPSA) is 104 Å². The zero-order valence-electron chi connectivity index (χ0n) is 11.8. The molecule has 2 atom stereocenters. The van der Waals surface area contributed by atoms with Crippen LogP contribution in [0.25, 0.3) is 0 Å². The molecular weight excluding hydrogens is 356 g/mol. The maximum Gasteiger partial charge on any atom is 0.325 e. The number of hydrogen-bond donors (Lipinski definition) is 2. The van der Waals surface area contributed by atoms with Crippen LogP contribution in [0.1, 0.15) is 34.6 Å². The van der Waals surface area contributed by atoms with Gasteiger partial charge in [0, 0.05) is 4.47 Å². The monoisotopic (exact) mass is 368 g/mol. The third-order valence-electron chi connectivity index (χ3n) is 3.38. The molecule has 0 bridgehead atoms. The largest absolute Gasteiger partial charge is 0.480 e. The van der Waals surface area contributed by atoms with Crippen LogP contribution in [0.3, 0.4) is 0 Å². The molecule has 0 aliphatic carbocycles. The van der Waals surface area contributed by atoms with Crippen LogP contribution < -0.4 is 5.32 Å². The number of aliphatic carboxylic acids is 1. The van der Waals surface area contributed by atoms with Crippen molar-refractivity contribution in [2.24, 2.45) is 0 Å². The highest BCUT2D eigenvalue weighted by Gasteiger charge is 2.41. The fourth-order valence-electron chi connectivity index (χ4n) is 2.10. The van der Waals surface area contributed by atoms with Gasteiger partial charge in [-0.3, -0.25) is 24.1 Å². The number of carboxylic acid groups (broad SMARTS) is 1. The first-order chi connectivity index (χ1) is 10.2. The Balaban J connectivity index is 2.24. The number of fused-ring (bicyclic) bond motifs is 1. The molecule has 2 rings (SSSR count). The summed E-state index contributed by atoms with van der Waals surface area (Å²) in [6, 6.07) is 2.43. The fraction of sp³-hybridized carbons (Fsp3) is 0.286. The van der Waals surface area contributed by atoms with Crippen molar-refractivity contribution in [2.75, 3.05) is 0 Å². The third-order valence-corrected chi connectivity index (χ3v) is 3.87. The smallest absolute Gasteiger partial charge is 0.325 e. The maximum absolute atomic E-state index is 12.3. The van der Waals surface area contributed by atoms with Gasteiger partial charge in [-0.05, 0) is 32.0 Å². The SMILES string of the molecule is CC(C(=O)N[C@H](C)C(=O)O)N1C(=O)c2ccc(Br)cc2C1=O. The van der Waals surface area contributed by atoms with E-state index >= 15 is 0 Å². The Bertz CT molecular complexity index is 688. The molecule has 1 aliphatic heterocycles. The summed E-state index contributed by atoms with van der Waals surface area (Å²) in [5, 5.41) is 11.0. The quantitative estimate of drug-likeness (QED) is 0.772. The van der Waals surface area contributed by atoms with Crippen molar-refractivity contribution in [1.29, 1.82) is 0 Å². The van der Waals surface area contributed by atoms with E-state index in [0.29, 0.717) is 4.47 Å². The Morgan fingerprint density at radius 3 is 2.36 bits per heavy atom. The van der Waals surface area contributed by atoms with Gasteiger partial charge in [0.2, 0.25) is 5.91 Å². The number of benzene rings is 1. The van der Waals surface area contributed by atoms with E-state index in [1.54, 1.807) is 6.07 Å². The molecule has 1 unspecified atom stereocenters. The van der Waals surface area contributed by atoms with Crippen molar-refractivity contribution < 1.29 is 24.3 Å². The van der Waals surface area contributed by atoms with E-state index < -0.39 is 35.8 Å². The van der Waals surface area contributed by atoms with Crippen molar-refractivity contribution in [1.82, 2.24) is 10.2 Å². The van der Waals surface area contributed by atoms with Crippen LogP contribution in [0.15, 0.2) is 22.7 Å². The lowest BCUT2D eigenvalue weighted by Gasteiger charge is -2.22. The Morgan fingerprint density at radius 1 is 1.18 bits per heavy atom. The highest BCUT2D eigenvalue weighted by molar-refractivity contribution is 9.10. The average Bonchev–Trinajstić information content (AvgIpc) is 2.69. The molecule has 0 spiro atoms. The van der Waals surface area contributed by atoms with Crippen LogP contribution in [0.2, 0.25) is 0 Å². The van der Waals surface area contributed by atoms with E-state index in [2.05, 4.69) is 21.2 Å². The number of hydrogen-bond acceptors (Lipinski definition) is 4. The number of halogens is 1. The molecule has 7 nitrogen and oxygen atoms in total. The number of imide groups is 1. The molecular formula is C14H13BrN2O5.